The molecule has 14 rings (SSSR count). The molecule has 4 aliphatic rings. The summed E-state index contributed by atoms with van der Waals surface area (Å²) in [6.45, 7) is -0.0275. The number of hydrogen-bond donors (Lipinski definition) is 1. The summed E-state index contributed by atoms with van der Waals surface area (Å²) < 4.78 is 106. The van der Waals surface area contributed by atoms with Crippen molar-refractivity contribution >= 4 is 49.5 Å². The average molecular weight is 1510 g/mol. The third kappa shape index (κ3) is 24.3. The van der Waals surface area contributed by atoms with Crippen molar-refractivity contribution in [2.24, 2.45) is 0 Å². The van der Waals surface area contributed by atoms with E-state index in [4.69, 9.17) is 71.8 Å². The van der Waals surface area contributed by atoms with Crippen LogP contribution in [0.25, 0.3) is 0 Å². The van der Waals surface area contributed by atoms with Crippen LogP contribution < -0.4 is 29.6 Å². The van der Waals surface area contributed by atoms with Crippen LogP contribution in [-0.2, 0) is 136 Å². The van der Waals surface area contributed by atoms with E-state index < -0.39 is 74.5 Å². The predicted molar refractivity (Wildman–Crippen MR) is 399 cm³/mol. The third-order valence-corrected chi connectivity index (χ3v) is 22.3. The molecule has 4 heterocycles. The van der Waals surface area contributed by atoms with Crippen LogP contribution in [0.3, 0.4) is 0 Å². The van der Waals surface area contributed by atoms with E-state index in [9.17, 15) is 14.2 Å². The maximum absolute atomic E-state index is 14.5. The van der Waals surface area contributed by atoms with Crippen LogP contribution in [0.5, 0.6) is 0 Å². The smallest absolute Gasteiger partial charge is 1.00 e. The van der Waals surface area contributed by atoms with Crippen molar-refractivity contribution in [2.45, 2.75) is 136 Å². The van der Waals surface area contributed by atoms with Crippen molar-refractivity contribution in [1.29, 1.82) is 0 Å². The van der Waals surface area contributed by atoms with Gasteiger partial charge in [0.05, 0.1) is 79.3 Å². The Morgan fingerprint density at radius 2 is 0.635 bits per heavy atom. The zero-order chi connectivity index (χ0) is 70.7. The molecule has 22 heteroatoms. The largest absolute Gasteiger partial charge is 1.00 e. The number of aliphatic hydroxyl groups excluding tert-OH is 1. The molecule has 2 fully saturated rings. The number of hydrogen-bond acceptors (Lipinski definition) is 18. The van der Waals surface area contributed by atoms with Gasteiger partial charge in [-0.2, -0.15) is 0 Å². The van der Waals surface area contributed by atoms with E-state index >= 15 is 0 Å². The minimum atomic E-state index is -4.13. The fourth-order valence-electron chi connectivity index (χ4n) is 11.7. The SMILES string of the molecule is O=P1(Cl)OCc2ccccc2CO1.O=P1(OC2C(Sc3ccccc3)OC(COCc3ccccc3)C(OCc3ccccc3)C2OCc2ccccc2)OCc2ccccc2CO1.OC1C(Sc2ccccc2)OC(COCc2ccccc2)C(OCc2ccccc2)C1OCc1ccccc1.[H-].[Na+]. The number of phosphoric ester groups is 1. The van der Waals surface area contributed by atoms with Gasteiger partial charge < -0.3 is 44.4 Å². The monoisotopic (exact) mass is 1510 g/mol. The topological polar surface area (TPSA) is 174 Å². The molecule has 0 spiro atoms. The fourth-order valence-corrected chi connectivity index (χ4v) is 16.3. The van der Waals surface area contributed by atoms with Gasteiger partial charge in [-0.3, -0.25) is 22.6 Å². The standard InChI is InChI=1S/C41H41O8PS.C33H34O5S.C8H8ClO3P.Na.H/c42-50(46-28-34-21-13-14-22-35(34)29-47-50)49-40-39(45-27-33-19-9-3-10-20-33)38(44-26-32-17-7-2-8-18-32)37(30-43-25-31-15-5-1-6-16-31)48-41(40)51-36-23-11-4-12-24-36;34-30-32(37-23-27-17-9-3-10-18-27)31(36-22-26-15-7-2-8-16-26)29(24-35-21-25-13-5-1-6-14-25)38-33(30)39-28-19-11-4-12-20-28;9-13(10)11-5-7-3-1-2-4-8(7)6-12-13;;/h1-24,37-41H,25-30H2;1-20,29-34H,21-24H2;1-4H,5-6H2;;/q;;;+1;-1. The van der Waals surface area contributed by atoms with E-state index in [2.05, 4.69) is 0 Å². The molecule has 10 atom stereocenters. The van der Waals surface area contributed by atoms with Crippen LogP contribution in [0.4, 0.5) is 0 Å². The minimum Gasteiger partial charge on any atom is -1.00 e. The number of phosphoric acid groups is 1. The molecule has 0 bridgehead atoms. The number of halogens is 1. The Morgan fingerprint density at radius 3 is 1.00 bits per heavy atom. The van der Waals surface area contributed by atoms with Crippen LogP contribution in [0, 0.1) is 0 Å². The van der Waals surface area contributed by atoms with Crippen LogP contribution in [-0.4, -0.2) is 78.0 Å². The maximum Gasteiger partial charge on any atom is 1.00 e. The summed E-state index contributed by atoms with van der Waals surface area (Å²) in [7, 11) is -4.13. The molecule has 1 N–H and O–H groups in total. The average Bonchev–Trinajstić information content (AvgIpc) is 1.46. The van der Waals surface area contributed by atoms with E-state index in [0.717, 1.165) is 65.4 Å². The first-order chi connectivity index (χ1) is 50.5. The second-order valence-corrected chi connectivity index (χ2v) is 31.1. The number of fused-ring (bicyclic) bond motifs is 2. The Bertz CT molecular complexity index is 4150. The van der Waals surface area contributed by atoms with E-state index in [-0.39, 0.29) is 70.6 Å². The van der Waals surface area contributed by atoms with E-state index in [0.29, 0.717) is 39.6 Å². The summed E-state index contributed by atoms with van der Waals surface area (Å²) in [5.41, 5.74) is 8.65. The molecule has 104 heavy (non-hydrogen) atoms. The summed E-state index contributed by atoms with van der Waals surface area (Å²) in [6, 6.07) is 95.0. The van der Waals surface area contributed by atoms with Crippen molar-refractivity contribution in [3.05, 3.63) is 347 Å². The van der Waals surface area contributed by atoms with Gasteiger partial charge in [0.1, 0.15) is 59.7 Å². The van der Waals surface area contributed by atoms with Crippen molar-refractivity contribution in [3.8, 4) is 0 Å². The fraction of sp³-hybridized carbons (Fsp3) is 0.268. The quantitative estimate of drug-likeness (QED) is 0.0400. The summed E-state index contributed by atoms with van der Waals surface area (Å²) in [6.07, 6.45) is -5.46. The van der Waals surface area contributed by atoms with Gasteiger partial charge in [0.15, 0.2) is 0 Å². The number of thioether (sulfide) groups is 2. The van der Waals surface area contributed by atoms with Gasteiger partial charge in [0.25, 0.3) is 0 Å². The van der Waals surface area contributed by atoms with Crippen LogP contribution in [0.1, 0.15) is 57.1 Å². The van der Waals surface area contributed by atoms with Crippen molar-refractivity contribution in [2.75, 3.05) is 13.2 Å². The molecule has 0 radical (unpaired) electrons. The Kier molecular flexibility index (Phi) is 31.5. The molecule has 538 valence electrons. The maximum atomic E-state index is 14.5. The number of ether oxygens (including phenoxy) is 8. The predicted octanol–water partition coefficient (Wildman–Crippen LogP) is 15.6. The van der Waals surface area contributed by atoms with Gasteiger partial charge in [-0.15, -0.1) is 0 Å². The van der Waals surface area contributed by atoms with E-state index in [1.807, 2.05) is 291 Å². The Labute approximate surface area is 645 Å². The van der Waals surface area contributed by atoms with Gasteiger partial charge in [-0.25, -0.2) is 9.13 Å². The van der Waals surface area contributed by atoms with Crippen molar-refractivity contribution < 1.29 is 106 Å². The third-order valence-electron chi connectivity index (χ3n) is 17.1. The molecule has 0 aromatic heterocycles. The van der Waals surface area contributed by atoms with Gasteiger partial charge >= 0.3 is 44.3 Å². The summed E-state index contributed by atoms with van der Waals surface area (Å²) in [5.74, 6) is 0. The van der Waals surface area contributed by atoms with E-state index in [1.165, 1.54) is 23.5 Å². The normalized spacial score (nSPS) is 22.4. The first kappa shape index (κ1) is 79.1. The first-order valence-electron chi connectivity index (χ1n) is 34.1. The summed E-state index contributed by atoms with van der Waals surface area (Å²) in [5, 5.41) is 11.6. The van der Waals surface area contributed by atoms with Crippen LogP contribution in [0.2, 0.25) is 0 Å². The summed E-state index contributed by atoms with van der Waals surface area (Å²) >= 11 is 8.42. The van der Waals surface area contributed by atoms with Gasteiger partial charge in [0.2, 0.25) is 0 Å². The molecule has 2 saturated heterocycles. The molecule has 10 unspecified atom stereocenters. The molecule has 16 nitrogen and oxygen atoms in total. The molecular formula is C82H84ClNaO16P2S2. The number of rotatable bonds is 26. The Morgan fingerprint density at radius 1 is 0.356 bits per heavy atom. The minimum absolute atomic E-state index is 0. The zero-order valence-corrected chi connectivity index (χ0v) is 63.8. The molecule has 10 aromatic rings. The van der Waals surface area contributed by atoms with Gasteiger partial charge in [-0.05, 0) is 79.9 Å². The molecule has 0 saturated carbocycles. The Hall–Kier alpha value is -5.91. The molecule has 0 amide bonds. The van der Waals surface area contributed by atoms with Crippen molar-refractivity contribution in [3.63, 3.8) is 0 Å². The molecule has 0 aliphatic carbocycles. The number of aliphatic hydroxyl groups is 1. The van der Waals surface area contributed by atoms with Crippen molar-refractivity contribution in [1.82, 2.24) is 0 Å². The van der Waals surface area contributed by atoms with Crippen LogP contribution in [0.15, 0.2) is 301 Å². The number of benzene rings is 10. The molecule has 10 aromatic carbocycles. The zero-order valence-electron chi connectivity index (χ0n) is 58.6. The molecular weight excluding hydrogens is 1430 g/mol. The second kappa shape index (κ2) is 41.4. The van der Waals surface area contributed by atoms with Gasteiger partial charge in [-0.1, -0.05) is 290 Å². The first-order valence-corrected chi connectivity index (χ1v) is 39.8. The van der Waals surface area contributed by atoms with E-state index in [1.54, 1.807) is 0 Å². The second-order valence-electron chi connectivity index (χ2n) is 24.6. The van der Waals surface area contributed by atoms with Crippen LogP contribution >= 0.6 is 49.5 Å². The van der Waals surface area contributed by atoms with Gasteiger partial charge in [0, 0.05) is 21.0 Å². The summed E-state index contributed by atoms with van der Waals surface area (Å²) in [4.78, 5) is 1.95. The molecule has 4 aliphatic heterocycles. The Balaban J connectivity index is 0.000000193.